The van der Waals surface area contributed by atoms with Gasteiger partial charge in [0.15, 0.2) is 0 Å². The Kier molecular flexibility index (Phi) is 4.00. The van der Waals surface area contributed by atoms with Gasteiger partial charge in [0, 0.05) is 13.0 Å². The van der Waals surface area contributed by atoms with Crippen molar-refractivity contribution in [3.8, 4) is 12.3 Å². The third-order valence-corrected chi connectivity index (χ3v) is 1.71. The number of hydrogen-bond acceptors (Lipinski definition) is 4. The molecule has 0 saturated carbocycles. The third kappa shape index (κ3) is 3.26. The van der Waals surface area contributed by atoms with Gasteiger partial charge in [0.25, 0.3) is 0 Å². The van der Waals surface area contributed by atoms with Crippen LogP contribution in [0.2, 0.25) is 0 Å². The maximum absolute atomic E-state index is 5.11. The molecule has 0 fully saturated rings. The third-order valence-electron chi connectivity index (χ3n) is 1.71. The fourth-order valence-corrected chi connectivity index (χ4v) is 0.932. The zero-order valence-electron chi connectivity index (χ0n) is 7.71. The van der Waals surface area contributed by atoms with Crippen molar-refractivity contribution in [2.45, 2.75) is 26.3 Å². The van der Waals surface area contributed by atoms with Gasteiger partial charge < -0.3 is 5.32 Å². The van der Waals surface area contributed by atoms with E-state index in [0.717, 1.165) is 30.8 Å². The maximum atomic E-state index is 5.11. The zero-order valence-corrected chi connectivity index (χ0v) is 7.71. The van der Waals surface area contributed by atoms with Crippen molar-refractivity contribution in [3.63, 3.8) is 0 Å². The molecule has 0 bridgehead atoms. The van der Waals surface area contributed by atoms with Crippen LogP contribution in [0.1, 0.15) is 24.2 Å². The summed E-state index contributed by atoms with van der Waals surface area (Å²) in [5.41, 5.74) is 1.70. The minimum Gasteiger partial charge on any atom is -0.311 e. The van der Waals surface area contributed by atoms with E-state index in [4.69, 9.17) is 6.42 Å². The molecule has 0 amide bonds. The van der Waals surface area contributed by atoms with Gasteiger partial charge in [0.2, 0.25) is 0 Å². The van der Waals surface area contributed by atoms with Crippen molar-refractivity contribution in [1.29, 1.82) is 0 Å². The molecule has 0 aliphatic heterocycles. The smallest absolute Gasteiger partial charge is 0.121 e. The van der Waals surface area contributed by atoms with Crippen LogP contribution in [0.5, 0.6) is 0 Å². The second kappa shape index (κ2) is 5.33. The number of aromatic nitrogens is 2. The predicted molar refractivity (Wildman–Crippen MR) is 48.8 cm³/mol. The summed E-state index contributed by atoms with van der Waals surface area (Å²) in [6.45, 7) is 3.46. The minimum absolute atomic E-state index is 0.694. The van der Waals surface area contributed by atoms with Crippen LogP contribution in [0.15, 0.2) is 4.63 Å². The Morgan fingerprint density at radius 3 is 3.00 bits per heavy atom. The van der Waals surface area contributed by atoms with Crippen molar-refractivity contribution < 1.29 is 4.63 Å². The number of nitrogens with one attached hydrogen (secondary N) is 1. The molecule has 0 aliphatic carbocycles. The van der Waals surface area contributed by atoms with E-state index in [2.05, 4.69) is 26.2 Å². The highest BCUT2D eigenvalue weighted by atomic mass is 16.6. The summed E-state index contributed by atoms with van der Waals surface area (Å²) < 4.78 is 4.55. The van der Waals surface area contributed by atoms with Gasteiger partial charge in [-0.05, 0) is 19.9 Å². The fourth-order valence-electron chi connectivity index (χ4n) is 0.932. The van der Waals surface area contributed by atoms with Crippen molar-refractivity contribution in [2.75, 3.05) is 6.54 Å². The molecule has 4 heteroatoms. The highest BCUT2D eigenvalue weighted by molar-refractivity contribution is 5.03. The molecule has 13 heavy (non-hydrogen) atoms. The first-order chi connectivity index (χ1) is 6.34. The van der Waals surface area contributed by atoms with Gasteiger partial charge >= 0.3 is 0 Å². The van der Waals surface area contributed by atoms with Crippen molar-refractivity contribution >= 4 is 0 Å². The first-order valence-corrected chi connectivity index (χ1v) is 4.27. The first-order valence-electron chi connectivity index (χ1n) is 4.27. The van der Waals surface area contributed by atoms with E-state index < -0.39 is 0 Å². The van der Waals surface area contributed by atoms with Crippen LogP contribution in [0.4, 0.5) is 0 Å². The van der Waals surface area contributed by atoms with Crippen molar-refractivity contribution in [3.05, 3.63) is 11.4 Å². The molecule has 1 rings (SSSR count). The number of rotatable bonds is 5. The molecule has 0 aliphatic rings. The Balaban J connectivity index is 2.14. The monoisotopic (exact) mass is 179 g/mol. The molecule has 0 unspecified atom stereocenters. The molecule has 0 radical (unpaired) electrons. The Morgan fingerprint density at radius 1 is 1.54 bits per heavy atom. The number of aryl methyl sites for hydroxylation is 1. The number of nitrogens with zero attached hydrogens (tertiary/aromatic N) is 2. The van der Waals surface area contributed by atoms with Gasteiger partial charge in [-0.2, -0.15) is 0 Å². The van der Waals surface area contributed by atoms with Gasteiger partial charge in [0.05, 0.1) is 0 Å². The Morgan fingerprint density at radius 2 is 2.38 bits per heavy atom. The average molecular weight is 179 g/mol. The van der Waals surface area contributed by atoms with E-state index in [0.29, 0.717) is 6.54 Å². The minimum atomic E-state index is 0.694. The largest absolute Gasteiger partial charge is 0.311 e. The summed E-state index contributed by atoms with van der Waals surface area (Å²) >= 11 is 0. The molecule has 0 atom stereocenters. The molecule has 0 spiro atoms. The summed E-state index contributed by atoms with van der Waals surface area (Å²) in [4.78, 5) is 0. The highest BCUT2D eigenvalue weighted by Gasteiger charge is 2.02. The molecule has 1 heterocycles. The summed E-state index contributed by atoms with van der Waals surface area (Å²) in [5, 5.41) is 10.6. The van der Waals surface area contributed by atoms with Crippen LogP contribution in [0, 0.1) is 19.3 Å². The molecule has 1 aromatic heterocycles. The normalized spacial score (nSPS) is 9.85. The number of terminal acetylenes is 1. The lowest BCUT2D eigenvalue weighted by molar-refractivity contribution is 0.300. The molecule has 4 nitrogen and oxygen atoms in total. The predicted octanol–water partition coefficient (Wildman–Crippen LogP) is 0.881. The van der Waals surface area contributed by atoms with E-state index in [9.17, 15) is 0 Å². The molecule has 0 aromatic carbocycles. The standard InChI is InChI=1S/C9H13N3O/c1-3-4-5-6-10-7-9-8(2)11-13-12-9/h1,10H,4-7H2,2H3. The molecule has 70 valence electrons. The molecular formula is C9H13N3O. The molecule has 1 aromatic rings. The van der Waals surface area contributed by atoms with Gasteiger partial charge in [0.1, 0.15) is 11.4 Å². The number of hydrogen-bond donors (Lipinski definition) is 1. The van der Waals surface area contributed by atoms with E-state index >= 15 is 0 Å². The van der Waals surface area contributed by atoms with Crippen LogP contribution < -0.4 is 5.32 Å². The average Bonchev–Trinajstić information content (AvgIpc) is 2.52. The van der Waals surface area contributed by atoms with Gasteiger partial charge in [-0.25, -0.2) is 4.63 Å². The lowest BCUT2D eigenvalue weighted by Gasteiger charge is -1.99. The van der Waals surface area contributed by atoms with E-state index in [1.165, 1.54) is 0 Å². The van der Waals surface area contributed by atoms with Crippen molar-refractivity contribution in [2.24, 2.45) is 0 Å². The van der Waals surface area contributed by atoms with E-state index in [-0.39, 0.29) is 0 Å². The fraction of sp³-hybridized carbons (Fsp3) is 0.556. The quantitative estimate of drug-likeness (QED) is 0.538. The van der Waals surface area contributed by atoms with E-state index in [1.807, 2.05) is 6.92 Å². The maximum Gasteiger partial charge on any atom is 0.121 e. The topological polar surface area (TPSA) is 51.0 Å². The van der Waals surface area contributed by atoms with Crippen LogP contribution in [-0.4, -0.2) is 16.9 Å². The van der Waals surface area contributed by atoms with Crippen LogP contribution in [0.3, 0.4) is 0 Å². The first kappa shape index (κ1) is 9.75. The number of unbranched alkanes of at least 4 members (excludes halogenated alkanes) is 1. The highest BCUT2D eigenvalue weighted by Crippen LogP contribution is 1.98. The van der Waals surface area contributed by atoms with Crippen LogP contribution in [0.25, 0.3) is 0 Å². The summed E-state index contributed by atoms with van der Waals surface area (Å²) in [5.74, 6) is 2.59. The Bertz CT molecular complexity index is 287. The summed E-state index contributed by atoms with van der Waals surface area (Å²) in [6, 6.07) is 0. The van der Waals surface area contributed by atoms with Crippen LogP contribution >= 0.6 is 0 Å². The van der Waals surface area contributed by atoms with Gasteiger partial charge in [-0.1, -0.05) is 10.3 Å². The van der Waals surface area contributed by atoms with Gasteiger partial charge in [-0.15, -0.1) is 12.3 Å². The van der Waals surface area contributed by atoms with E-state index in [1.54, 1.807) is 0 Å². The van der Waals surface area contributed by atoms with Gasteiger partial charge in [-0.3, -0.25) is 0 Å². The summed E-state index contributed by atoms with van der Waals surface area (Å²) in [6.07, 6.45) is 6.91. The van der Waals surface area contributed by atoms with Crippen LogP contribution in [-0.2, 0) is 6.54 Å². The molecule has 0 saturated heterocycles. The SMILES string of the molecule is C#CCCCNCc1nonc1C. The second-order valence-corrected chi connectivity index (χ2v) is 2.78. The second-order valence-electron chi connectivity index (χ2n) is 2.78. The lowest BCUT2D eigenvalue weighted by atomic mass is 10.3. The van der Waals surface area contributed by atoms with Crippen molar-refractivity contribution in [1.82, 2.24) is 15.6 Å². The lowest BCUT2D eigenvalue weighted by Crippen LogP contribution is -2.15. The Labute approximate surface area is 77.7 Å². The Hall–Kier alpha value is -1.34. The molecule has 1 N–H and O–H groups in total. The zero-order chi connectivity index (χ0) is 9.52. The summed E-state index contributed by atoms with van der Waals surface area (Å²) in [7, 11) is 0. The molecular weight excluding hydrogens is 166 g/mol.